The number of carbonyl (C=O) groups is 4. The summed E-state index contributed by atoms with van der Waals surface area (Å²) >= 11 is 0. The third-order valence-electron chi connectivity index (χ3n) is 13.0. The second-order valence-corrected chi connectivity index (χ2v) is 16.2. The molecular weight excluding hydrogens is 566 g/mol. The summed E-state index contributed by atoms with van der Waals surface area (Å²) in [6, 6.07) is 0. The van der Waals surface area contributed by atoms with Crippen LogP contribution in [-0.2, 0) is 23.9 Å². The number of rotatable bonds is 4. The van der Waals surface area contributed by atoms with E-state index in [0.717, 1.165) is 12.0 Å². The monoisotopic (exact) mass is 612 g/mol. The molecule has 3 fully saturated rings. The third-order valence-corrected chi connectivity index (χ3v) is 13.0. The molecule has 0 heterocycles. The van der Waals surface area contributed by atoms with E-state index in [1.807, 2.05) is 6.92 Å². The Morgan fingerprint density at radius 3 is 2.30 bits per heavy atom. The van der Waals surface area contributed by atoms with E-state index in [0.29, 0.717) is 45.4 Å². The second-order valence-electron chi connectivity index (χ2n) is 16.2. The summed E-state index contributed by atoms with van der Waals surface area (Å²) in [7, 11) is 0. The largest absolute Gasteiger partial charge is 0.465 e. The molecule has 8 atom stereocenters. The lowest BCUT2D eigenvalue weighted by Gasteiger charge is -2.69. The molecule has 0 radical (unpaired) electrons. The number of Topliss-reactive ketones (excluding diaryl/α,β-unsaturated/α-hetero) is 1. The first kappa shape index (κ1) is 32.5. The zero-order chi connectivity index (χ0) is 32.9. The van der Waals surface area contributed by atoms with Crippen LogP contribution in [0.25, 0.3) is 4.85 Å². The predicted octanol–water partition coefficient (Wildman–Crippen LogP) is 6.63. The molecule has 44 heavy (non-hydrogen) atoms. The predicted molar refractivity (Wildman–Crippen MR) is 160 cm³/mol. The van der Waals surface area contributed by atoms with Crippen LogP contribution in [0.15, 0.2) is 23.4 Å². The number of nitrogens with one attached hydrogen (secondary N) is 1. The smallest absolute Gasteiger partial charge is 0.321 e. The highest BCUT2D eigenvalue weighted by molar-refractivity contribution is 6.03. The molecule has 0 saturated heterocycles. The Morgan fingerprint density at radius 1 is 1.07 bits per heavy atom. The number of carbonyl (C=O) groups excluding carboxylic acids is 4. The van der Waals surface area contributed by atoms with Crippen LogP contribution in [-0.4, -0.2) is 41.5 Å². The zero-order valence-corrected chi connectivity index (χ0v) is 27.3. The fourth-order valence-corrected chi connectivity index (χ4v) is 10.4. The van der Waals surface area contributed by atoms with Crippen LogP contribution in [0.1, 0.15) is 100 Å². The number of hydrogen-bond donors (Lipinski definition) is 1. The number of ether oxygens (including phenoxy) is 1. The Hall–Kier alpha value is -2.89. The molecule has 0 aliphatic heterocycles. The number of fused-ring (bicyclic) bond motifs is 7. The average molecular weight is 613 g/mol. The minimum absolute atomic E-state index is 0.0109. The first-order chi connectivity index (χ1) is 20.1. The highest BCUT2D eigenvalue weighted by Gasteiger charge is 2.70. The summed E-state index contributed by atoms with van der Waals surface area (Å²) in [5.74, 6) is -6.86. The van der Waals surface area contributed by atoms with E-state index >= 15 is 0 Å². The summed E-state index contributed by atoms with van der Waals surface area (Å²) in [6.07, 6.45) is 7.73. The summed E-state index contributed by atoms with van der Waals surface area (Å²) < 4.78 is 33.9. The quantitative estimate of drug-likeness (QED) is 0.284. The molecular formula is C35H46F2N2O5. The lowest BCUT2D eigenvalue weighted by Crippen LogP contribution is -2.70. The van der Waals surface area contributed by atoms with Crippen molar-refractivity contribution < 1.29 is 32.7 Å². The highest BCUT2D eigenvalue weighted by Crippen LogP contribution is 2.73. The van der Waals surface area contributed by atoms with Crippen molar-refractivity contribution in [3.8, 4) is 0 Å². The zero-order valence-electron chi connectivity index (χ0n) is 27.3. The lowest BCUT2D eigenvalue weighted by molar-refractivity contribution is -0.171. The van der Waals surface area contributed by atoms with Gasteiger partial charge in [-0.25, -0.2) is 4.85 Å². The number of esters is 1. The molecule has 0 spiro atoms. The van der Waals surface area contributed by atoms with Gasteiger partial charge in [0.05, 0.1) is 12.0 Å². The fourth-order valence-electron chi connectivity index (χ4n) is 10.4. The molecule has 7 nitrogen and oxygen atoms in total. The number of allylic oxidation sites excluding steroid dienone is 4. The van der Waals surface area contributed by atoms with E-state index in [9.17, 15) is 28.0 Å². The van der Waals surface area contributed by atoms with Gasteiger partial charge < -0.3 is 14.8 Å². The van der Waals surface area contributed by atoms with Crippen LogP contribution in [0.5, 0.6) is 0 Å². The molecule has 1 N–H and O–H groups in total. The van der Waals surface area contributed by atoms with Crippen molar-refractivity contribution in [3.63, 3.8) is 0 Å². The number of nitrogens with zero attached hydrogens (tertiary/aromatic N) is 1. The summed E-state index contributed by atoms with van der Waals surface area (Å²) in [5, 5.41) is 2.79. The summed E-state index contributed by atoms with van der Waals surface area (Å²) in [4.78, 5) is 56.4. The van der Waals surface area contributed by atoms with E-state index in [-0.39, 0.29) is 41.1 Å². The Kier molecular flexibility index (Phi) is 7.24. The van der Waals surface area contributed by atoms with Gasteiger partial charge in [0, 0.05) is 30.7 Å². The summed E-state index contributed by atoms with van der Waals surface area (Å²) in [6.45, 7) is 22.0. The van der Waals surface area contributed by atoms with Crippen molar-refractivity contribution in [1.82, 2.24) is 5.32 Å². The molecule has 0 aromatic rings. The fraction of sp³-hybridized carbons (Fsp3) is 0.743. The maximum Gasteiger partial charge on any atom is 0.321 e. The molecule has 5 rings (SSSR count). The van der Waals surface area contributed by atoms with E-state index in [1.165, 1.54) is 6.92 Å². The number of alkyl halides is 2. The number of amides is 1. The average Bonchev–Trinajstić information content (AvgIpc) is 2.91. The third kappa shape index (κ3) is 4.44. The Balaban J connectivity index is 1.65. The van der Waals surface area contributed by atoms with Crippen LogP contribution in [0.4, 0.5) is 8.78 Å². The van der Waals surface area contributed by atoms with E-state index in [1.54, 1.807) is 19.1 Å². The van der Waals surface area contributed by atoms with Crippen LogP contribution in [0, 0.1) is 51.4 Å². The van der Waals surface area contributed by atoms with Crippen molar-refractivity contribution in [2.45, 2.75) is 112 Å². The van der Waals surface area contributed by atoms with Crippen LogP contribution < -0.4 is 5.32 Å². The van der Waals surface area contributed by atoms with Gasteiger partial charge in [0.1, 0.15) is 6.61 Å². The van der Waals surface area contributed by atoms with E-state index < -0.39 is 50.9 Å². The van der Waals surface area contributed by atoms with Gasteiger partial charge in [0.15, 0.2) is 11.6 Å². The number of ketones is 2. The van der Waals surface area contributed by atoms with Gasteiger partial charge in [-0.1, -0.05) is 53.2 Å². The Labute approximate surface area is 259 Å². The first-order valence-electron chi connectivity index (χ1n) is 15.9. The van der Waals surface area contributed by atoms with Crippen molar-refractivity contribution in [1.29, 1.82) is 0 Å². The van der Waals surface area contributed by atoms with Crippen LogP contribution in [0.2, 0.25) is 0 Å². The molecule has 0 bridgehead atoms. The second kappa shape index (κ2) is 9.80. The minimum Gasteiger partial charge on any atom is -0.465 e. The van der Waals surface area contributed by atoms with Crippen molar-refractivity contribution in [2.75, 3.05) is 6.61 Å². The molecule has 240 valence electrons. The Bertz CT molecular complexity index is 1440. The Morgan fingerprint density at radius 2 is 1.70 bits per heavy atom. The molecule has 0 unspecified atom stereocenters. The van der Waals surface area contributed by atoms with Gasteiger partial charge in [0.2, 0.25) is 5.70 Å². The topological polar surface area (TPSA) is 93.9 Å². The molecule has 5 aliphatic rings. The number of halogens is 2. The van der Waals surface area contributed by atoms with Crippen LogP contribution in [0.3, 0.4) is 0 Å². The minimum atomic E-state index is -3.53. The molecule has 3 saturated carbocycles. The highest BCUT2D eigenvalue weighted by atomic mass is 19.3. The van der Waals surface area contributed by atoms with Crippen molar-refractivity contribution in [2.24, 2.45) is 44.8 Å². The first-order valence-corrected chi connectivity index (χ1v) is 15.9. The van der Waals surface area contributed by atoms with E-state index in [2.05, 4.69) is 37.9 Å². The van der Waals surface area contributed by atoms with Gasteiger partial charge >= 0.3 is 11.9 Å². The molecule has 9 heteroatoms. The molecule has 5 aliphatic carbocycles. The van der Waals surface area contributed by atoms with Gasteiger partial charge in [-0.05, 0) is 79.1 Å². The number of hydrogen-bond acceptors (Lipinski definition) is 5. The normalized spacial score (nSPS) is 42.7. The SMILES string of the molecule is [C-]#[N+]C1=C[C@]2(C)C3=CC(=O)[C@@H]4[C@@H]5CC(C)(C)CC[C@]5(NC(=O)C(C)(F)F)CC[C@@]4(C)[C@]3(C)CC[C@H]2[C@](C)(COC(C)=O)C1=O. The van der Waals surface area contributed by atoms with Gasteiger partial charge in [0.25, 0.3) is 5.91 Å². The maximum absolute atomic E-state index is 14.6. The van der Waals surface area contributed by atoms with Crippen LogP contribution >= 0.6 is 0 Å². The molecule has 0 aromatic carbocycles. The maximum atomic E-state index is 14.6. The summed E-state index contributed by atoms with van der Waals surface area (Å²) in [5.41, 5.74) is -3.16. The lowest BCUT2D eigenvalue weighted by atomic mass is 9.35. The van der Waals surface area contributed by atoms with Crippen molar-refractivity contribution >= 4 is 23.4 Å². The molecule has 1 amide bonds. The van der Waals surface area contributed by atoms with Crippen molar-refractivity contribution in [3.05, 3.63) is 34.8 Å². The van der Waals surface area contributed by atoms with Gasteiger partial charge in [-0.2, -0.15) is 8.78 Å². The molecule has 0 aromatic heterocycles. The van der Waals surface area contributed by atoms with Gasteiger partial charge in [-0.15, -0.1) is 0 Å². The van der Waals surface area contributed by atoms with Gasteiger partial charge in [-0.3, -0.25) is 14.4 Å². The van der Waals surface area contributed by atoms with E-state index in [4.69, 9.17) is 11.3 Å². The standard InChI is InChI=1S/C35H46F2N2O5/c1-20(40)44-19-31(5)24-10-11-32(6)25(30(24,4)18-22(38-9)27(31)42)16-23(41)26-21-17-29(2,3)12-14-35(21,15-13-33(26,32)7)39-28(43)34(8,36)37/h16,18,21,24,26H,10-15,17,19H2,1-8H3,(H,39,43)/t21-,24+,26-,30-,31-,32+,33+,35-/m0/s1.